The molecule has 2 aliphatic rings. The van der Waals surface area contributed by atoms with Crippen LogP contribution < -0.4 is 15.4 Å². The van der Waals surface area contributed by atoms with Crippen molar-refractivity contribution < 1.29 is 81.2 Å². The number of nitrogens with zero attached hydrogens (tertiary/aromatic N) is 1. The van der Waals surface area contributed by atoms with Gasteiger partial charge in [0.25, 0.3) is 17.7 Å². The predicted molar refractivity (Wildman–Crippen MR) is 216 cm³/mol. The van der Waals surface area contributed by atoms with Gasteiger partial charge in [0.2, 0.25) is 5.91 Å². The van der Waals surface area contributed by atoms with Crippen molar-refractivity contribution in [1.29, 1.82) is 0 Å². The van der Waals surface area contributed by atoms with Crippen LogP contribution in [0.3, 0.4) is 0 Å². The fourth-order valence-electron chi connectivity index (χ4n) is 7.00. The monoisotopic (exact) mass is 961 g/mol. The molecule has 2 aromatic carbocycles. The number of hydrogen-bond donors (Lipinski definition) is 2. The molecule has 4 rings (SSSR count). The molecule has 63 heavy (non-hydrogen) atoms. The van der Waals surface area contributed by atoms with Crippen molar-refractivity contribution in [1.82, 2.24) is 15.7 Å². The second kappa shape index (κ2) is 20.3. The molecule has 2 aliphatic heterocycles. The van der Waals surface area contributed by atoms with Gasteiger partial charge in [-0.05, 0) is 37.1 Å². The number of carbonyl (C=O) groups is 10. The van der Waals surface area contributed by atoms with Crippen molar-refractivity contribution >= 4 is 106 Å². The van der Waals surface area contributed by atoms with Crippen LogP contribution in [-0.4, -0.2) is 114 Å². The van der Waals surface area contributed by atoms with Crippen LogP contribution in [0.5, 0.6) is 5.75 Å². The van der Waals surface area contributed by atoms with Gasteiger partial charge in [-0.3, -0.25) is 38.4 Å². The SMILES string of the molecule is COC(=O)[C@@]1(CC(=O)ON2C(=O)c3c(Cl)c(Cl)c(Cl)c(Cl)c3C2=O)C[C@H](OC(C)=O)[C@@H](NC(C)=O)[C@H]([C@H](OC(C)=O)[C@@H](CNC(=O)c2cc(C)c(OC(C)=O)c(C)c2)OC(C)=O)O1. The quantitative estimate of drug-likeness (QED) is 0.0683. The molecule has 2 heterocycles. The summed E-state index contributed by atoms with van der Waals surface area (Å²) in [4.78, 5) is 135. The largest absolute Gasteiger partial charge is 0.467 e. The zero-order chi connectivity index (χ0) is 47.4. The number of carbonyl (C=O) groups excluding carboxylic acids is 10. The Morgan fingerprint density at radius 2 is 1.35 bits per heavy atom. The van der Waals surface area contributed by atoms with E-state index in [1.807, 2.05) is 0 Å². The maximum absolute atomic E-state index is 13.9. The smallest absolute Gasteiger partial charge is 0.338 e. The highest BCUT2D eigenvalue weighted by molar-refractivity contribution is 6.55. The van der Waals surface area contributed by atoms with E-state index < -0.39 is 136 Å². The molecule has 6 atom stereocenters. The first-order chi connectivity index (χ1) is 29.3. The van der Waals surface area contributed by atoms with Crippen molar-refractivity contribution in [3.63, 3.8) is 0 Å². The molecule has 2 aromatic rings. The predicted octanol–water partition coefficient (Wildman–Crippen LogP) is 3.72. The van der Waals surface area contributed by atoms with Gasteiger partial charge in [0, 0.05) is 46.6 Å². The number of methoxy groups -OCH3 is 1. The first kappa shape index (κ1) is 50.1. The zero-order valence-electron chi connectivity index (χ0n) is 34.6. The van der Waals surface area contributed by atoms with Gasteiger partial charge in [-0.1, -0.05) is 51.5 Å². The van der Waals surface area contributed by atoms with E-state index >= 15 is 0 Å². The number of imide groups is 1. The number of fused-ring (bicyclic) bond motifs is 1. The number of benzene rings is 2. The van der Waals surface area contributed by atoms with E-state index in [1.165, 1.54) is 19.1 Å². The minimum absolute atomic E-state index is 0.0275. The van der Waals surface area contributed by atoms with E-state index in [4.69, 9.17) is 79.7 Å². The van der Waals surface area contributed by atoms with Crippen LogP contribution in [0, 0.1) is 13.8 Å². The molecule has 0 radical (unpaired) electrons. The Balaban J connectivity index is 1.79. The Labute approximate surface area is 378 Å². The summed E-state index contributed by atoms with van der Waals surface area (Å²) < 4.78 is 33.2. The summed E-state index contributed by atoms with van der Waals surface area (Å²) >= 11 is 24.5. The Morgan fingerprint density at radius 1 is 0.810 bits per heavy atom. The van der Waals surface area contributed by atoms with Crippen LogP contribution in [0.25, 0.3) is 0 Å². The second-order valence-electron chi connectivity index (χ2n) is 14.2. The summed E-state index contributed by atoms with van der Waals surface area (Å²) in [5.41, 5.74) is -2.88. The molecule has 0 aliphatic carbocycles. The van der Waals surface area contributed by atoms with Crippen LogP contribution in [0.4, 0.5) is 0 Å². The lowest BCUT2D eigenvalue weighted by Gasteiger charge is -2.48. The molecule has 2 N–H and O–H groups in total. The second-order valence-corrected chi connectivity index (χ2v) is 15.7. The van der Waals surface area contributed by atoms with E-state index in [9.17, 15) is 47.9 Å². The average molecular weight is 964 g/mol. The van der Waals surface area contributed by atoms with Crippen LogP contribution >= 0.6 is 46.4 Å². The lowest BCUT2D eigenvalue weighted by atomic mass is 9.81. The number of aryl methyl sites for hydroxylation is 2. The lowest BCUT2D eigenvalue weighted by molar-refractivity contribution is -0.243. The number of hydrogen-bond acceptors (Lipinski definition) is 17. The van der Waals surface area contributed by atoms with E-state index in [0.717, 1.165) is 34.8 Å². The van der Waals surface area contributed by atoms with Gasteiger partial charge in [-0.25, -0.2) is 9.59 Å². The van der Waals surface area contributed by atoms with E-state index in [2.05, 4.69) is 10.6 Å². The van der Waals surface area contributed by atoms with Gasteiger partial charge < -0.3 is 43.9 Å². The van der Waals surface area contributed by atoms with Gasteiger partial charge in [0.05, 0.1) is 57.3 Å². The minimum Gasteiger partial charge on any atom is -0.467 e. The lowest BCUT2D eigenvalue weighted by Crippen LogP contribution is -2.69. The minimum atomic E-state index is -2.65. The molecule has 0 bridgehead atoms. The molecule has 20 nitrogen and oxygen atoms in total. The highest BCUT2D eigenvalue weighted by atomic mass is 35.5. The van der Waals surface area contributed by atoms with Crippen LogP contribution in [0.15, 0.2) is 12.1 Å². The Hall–Kier alpha value is -5.54. The average Bonchev–Trinajstić information content (AvgIpc) is 3.42. The van der Waals surface area contributed by atoms with E-state index in [1.54, 1.807) is 13.8 Å². The fraction of sp³-hybridized carbons (Fsp3) is 0.436. The third-order valence-corrected chi connectivity index (χ3v) is 11.1. The number of halogens is 4. The van der Waals surface area contributed by atoms with Crippen LogP contribution in [-0.2, 0) is 62.1 Å². The summed E-state index contributed by atoms with van der Waals surface area (Å²) in [5.74, 6) is -10.4. The van der Waals surface area contributed by atoms with Crippen molar-refractivity contribution in [3.05, 3.63) is 60.0 Å². The molecule has 24 heteroatoms. The van der Waals surface area contributed by atoms with Crippen molar-refractivity contribution in [3.8, 4) is 5.75 Å². The maximum atomic E-state index is 13.9. The standard InChI is InChI=1S/C39H39Cl4N3O17/c1-14-9-21(10-15(2)32(14)60-19(6)50)35(53)44-13-23(59-18(5)49)33(61-20(7)51)34-31(45-16(3)47)22(58-17(4)48)11-39(62-34,38(56)57-8)12-24(52)63-46-36(54)25-26(37(46)55)28(41)30(43)29(42)27(25)40/h9-10,22-23,31,33-34H,11-13H2,1-8H3,(H,44,53)(H,45,47)/t22-,23+,31+,33+,34+,39-/m0/s1. The number of esters is 5. The first-order valence-corrected chi connectivity index (χ1v) is 19.9. The third kappa shape index (κ3) is 11.2. The molecular formula is C39H39Cl4N3O17. The molecule has 1 saturated heterocycles. The Morgan fingerprint density at radius 3 is 1.81 bits per heavy atom. The molecule has 4 amide bonds. The van der Waals surface area contributed by atoms with Crippen molar-refractivity contribution in [2.75, 3.05) is 13.7 Å². The summed E-state index contributed by atoms with van der Waals surface area (Å²) in [6.07, 6.45) is -9.29. The summed E-state index contributed by atoms with van der Waals surface area (Å²) in [6.45, 7) is 7.68. The van der Waals surface area contributed by atoms with Crippen LogP contribution in [0.1, 0.15) is 89.7 Å². The van der Waals surface area contributed by atoms with Gasteiger partial charge in [0.1, 0.15) is 18.0 Å². The van der Waals surface area contributed by atoms with E-state index in [-0.39, 0.29) is 26.4 Å². The summed E-state index contributed by atoms with van der Waals surface area (Å²) in [6, 6.07) is 1.24. The van der Waals surface area contributed by atoms with Gasteiger partial charge in [-0.2, -0.15) is 0 Å². The number of ether oxygens (including phenoxy) is 6. The van der Waals surface area contributed by atoms with Crippen LogP contribution in [0.2, 0.25) is 20.1 Å². The Kier molecular flexibility index (Phi) is 16.2. The number of rotatable bonds is 14. The molecule has 1 fully saturated rings. The molecule has 0 unspecified atom stereocenters. The van der Waals surface area contributed by atoms with Gasteiger partial charge in [0.15, 0.2) is 17.8 Å². The number of amides is 4. The summed E-state index contributed by atoms with van der Waals surface area (Å²) in [7, 11) is 0.888. The van der Waals surface area contributed by atoms with Crippen molar-refractivity contribution in [2.24, 2.45) is 0 Å². The third-order valence-electron chi connectivity index (χ3n) is 9.32. The molecule has 0 spiro atoms. The van der Waals surface area contributed by atoms with Gasteiger partial charge >= 0.3 is 35.8 Å². The van der Waals surface area contributed by atoms with Gasteiger partial charge in [-0.15, -0.1) is 0 Å². The topological polar surface area (TPSA) is 263 Å². The maximum Gasteiger partial charge on any atom is 0.338 e. The highest BCUT2D eigenvalue weighted by Crippen LogP contribution is 2.45. The normalized spacial score (nSPS) is 20.1. The van der Waals surface area contributed by atoms with Crippen molar-refractivity contribution in [2.45, 2.75) is 97.4 Å². The van der Waals surface area contributed by atoms with E-state index in [0.29, 0.717) is 11.1 Å². The zero-order valence-corrected chi connectivity index (χ0v) is 37.6. The molecular weight excluding hydrogens is 924 g/mol. The number of hydroxylamine groups is 2. The number of nitrogens with one attached hydrogen (secondary N) is 2. The molecule has 0 aromatic heterocycles. The summed E-state index contributed by atoms with van der Waals surface area (Å²) in [5, 5.41) is 3.28. The highest BCUT2D eigenvalue weighted by Gasteiger charge is 2.59. The Bertz CT molecular complexity index is 2230. The first-order valence-electron chi connectivity index (χ1n) is 18.4. The molecule has 0 saturated carbocycles. The molecule has 340 valence electrons. The fourth-order valence-corrected chi connectivity index (χ4v) is 8.02.